The Hall–Kier alpha value is -4.69. The predicted octanol–water partition coefficient (Wildman–Crippen LogP) is 3.38. The van der Waals surface area contributed by atoms with E-state index in [-0.39, 0.29) is 55.6 Å². The molecule has 0 unspecified atom stereocenters. The van der Waals surface area contributed by atoms with Gasteiger partial charge in [0, 0.05) is 51.1 Å². The van der Waals surface area contributed by atoms with Crippen LogP contribution in [0.3, 0.4) is 0 Å². The summed E-state index contributed by atoms with van der Waals surface area (Å²) in [7, 11) is 0. The van der Waals surface area contributed by atoms with Crippen LogP contribution in [0.1, 0.15) is 87.6 Å². The van der Waals surface area contributed by atoms with Gasteiger partial charge in [0.1, 0.15) is 17.8 Å². The van der Waals surface area contributed by atoms with Gasteiger partial charge in [-0.15, -0.1) is 11.3 Å². The van der Waals surface area contributed by atoms with Crippen molar-refractivity contribution in [1.82, 2.24) is 35.7 Å². The number of aliphatic hydroxyl groups is 1. The summed E-state index contributed by atoms with van der Waals surface area (Å²) < 4.78 is 0. The summed E-state index contributed by atoms with van der Waals surface area (Å²) in [6.07, 6.45) is 1.97. The molecule has 2 saturated heterocycles. The van der Waals surface area contributed by atoms with Crippen LogP contribution in [0.5, 0.6) is 0 Å². The maximum Gasteiger partial charge on any atom is 0.270 e. The number of pyridine rings is 1. The molecule has 278 valence electrons. The molecule has 0 radical (unpaired) electrons. The Balaban J connectivity index is 1.15. The number of nitrogens with one attached hydrogen (secondary N) is 3. The van der Waals surface area contributed by atoms with Crippen LogP contribution >= 0.6 is 11.3 Å². The topological polar surface area (TPSA) is 174 Å². The lowest BCUT2D eigenvalue weighted by molar-refractivity contribution is -0.144. The number of hydrogen-bond acceptors (Lipinski definition) is 9. The molecule has 14 heteroatoms. The first-order valence-electron chi connectivity index (χ1n) is 17.8. The van der Waals surface area contributed by atoms with Crippen LogP contribution in [0.25, 0.3) is 10.4 Å². The third kappa shape index (κ3) is 9.59. The van der Waals surface area contributed by atoms with E-state index < -0.39 is 35.4 Å². The highest BCUT2D eigenvalue weighted by atomic mass is 32.1. The zero-order valence-corrected chi connectivity index (χ0v) is 31.2. The molecule has 1 aromatic carbocycles. The van der Waals surface area contributed by atoms with Gasteiger partial charge in [-0.3, -0.25) is 29.0 Å². The van der Waals surface area contributed by atoms with Crippen molar-refractivity contribution in [2.24, 2.45) is 5.41 Å². The summed E-state index contributed by atoms with van der Waals surface area (Å²) in [6.45, 7) is 10.1. The molecule has 2 fully saturated rings. The Bertz CT molecular complexity index is 1740. The molecule has 0 bridgehead atoms. The average molecular weight is 732 g/mol. The summed E-state index contributed by atoms with van der Waals surface area (Å²) in [5.41, 5.74) is 4.27. The highest BCUT2D eigenvalue weighted by molar-refractivity contribution is 7.13. The molecule has 0 aliphatic carbocycles. The number of piperidine rings is 1. The van der Waals surface area contributed by atoms with Crippen molar-refractivity contribution in [3.05, 3.63) is 71.1 Å². The summed E-state index contributed by atoms with van der Waals surface area (Å²) >= 11 is 1.57. The van der Waals surface area contributed by atoms with E-state index in [1.807, 2.05) is 64.4 Å². The molecule has 0 saturated carbocycles. The molecule has 5 rings (SSSR count). The van der Waals surface area contributed by atoms with Gasteiger partial charge in [-0.2, -0.15) is 0 Å². The number of aliphatic hydroxyl groups excluding tert-OH is 1. The fourth-order valence-corrected chi connectivity index (χ4v) is 7.52. The van der Waals surface area contributed by atoms with Crippen molar-refractivity contribution in [2.45, 2.75) is 97.0 Å². The molecular weight excluding hydrogens is 683 g/mol. The SMILES string of the molecule is Cc1ncsc1-c1ccc([C@H](C)NC(=O)[C@@H]2C[C@@H](O)CN2C(=O)[C@@H](NC(=O)CCC(=O)N2CCC[C@@H](NC(=O)c3ccccn3)C2)C(C)(C)C)cc1. The van der Waals surface area contributed by atoms with Crippen molar-refractivity contribution < 1.29 is 29.1 Å². The maximum atomic E-state index is 14.0. The van der Waals surface area contributed by atoms with E-state index in [1.54, 1.807) is 40.6 Å². The van der Waals surface area contributed by atoms with Crippen LogP contribution < -0.4 is 16.0 Å². The van der Waals surface area contributed by atoms with Gasteiger partial charge in [-0.25, -0.2) is 4.98 Å². The molecule has 3 aromatic rings. The molecule has 2 aliphatic rings. The van der Waals surface area contributed by atoms with Gasteiger partial charge < -0.3 is 30.9 Å². The Morgan fingerprint density at radius 1 is 1.00 bits per heavy atom. The highest BCUT2D eigenvalue weighted by Gasteiger charge is 2.44. The van der Waals surface area contributed by atoms with Crippen LogP contribution in [0.15, 0.2) is 54.2 Å². The first-order chi connectivity index (χ1) is 24.7. The molecule has 0 spiro atoms. The molecule has 13 nitrogen and oxygen atoms in total. The molecule has 52 heavy (non-hydrogen) atoms. The van der Waals surface area contributed by atoms with Gasteiger partial charge >= 0.3 is 0 Å². The number of carbonyl (C=O) groups is 5. The van der Waals surface area contributed by atoms with Gasteiger partial charge in [0.25, 0.3) is 5.91 Å². The summed E-state index contributed by atoms with van der Waals surface area (Å²) in [5.74, 6) is -1.84. The Morgan fingerprint density at radius 3 is 2.40 bits per heavy atom. The molecule has 5 atom stereocenters. The first kappa shape index (κ1) is 38.5. The van der Waals surface area contributed by atoms with Crippen LogP contribution in [-0.4, -0.2) is 98.3 Å². The summed E-state index contributed by atoms with van der Waals surface area (Å²) in [5, 5.41) is 19.4. The zero-order valence-electron chi connectivity index (χ0n) is 30.4. The van der Waals surface area contributed by atoms with Crippen LogP contribution in [-0.2, 0) is 19.2 Å². The van der Waals surface area contributed by atoms with Crippen molar-refractivity contribution in [2.75, 3.05) is 19.6 Å². The monoisotopic (exact) mass is 731 g/mol. The van der Waals surface area contributed by atoms with E-state index in [0.29, 0.717) is 25.2 Å². The van der Waals surface area contributed by atoms with Crippen molar-refractivity contribution in [3.8, 4) is 10.4 Å². The number of rotatable bonds is 11. The third-order valence-corrected chi connectivity index (χ3v) is 10.6. The number of aryl methyl sites for hydroxylation is 1. The molecule has 2 aliphatic heterocycles. The Kier molecular flexibility index (Phi) is 12.4. The van der Waals surface area contributed by atoms with Crippen LogP contribution in [0, 0.1) is 12.3 Å². The first-order valence-corrected chi connectivity index (χ1v) is 18.7. The fraction of sp³-hybridized carbons (Fsp3) is 0.500. The number of β-amino-alcohol motifs (C(OH)–C–C–N with tert-alkyl or cyclic N) is 1. The number of amides is 5. The van der Waals surface area contributed by atoms with Gasteiger partial charge in [0.2, 0.25) is 23.6 Å². The zero-order chi connectivity index (χ0) is 37.6. The van der Waals surface area contributed by atoms with Crippen molar-refractivity contribution >= 4 is 40.9 Å². The van der Waals surface area contributed by atoms with Gasteiger partial charge in [0.15, 0.2) is 0 Å². The van der Waals surface area contributed by atoms with E-state index in [9.17, 15) is 29.1 Å². The minimum Gasteiger partial charge on any atom is -0.391 e. The molecule has 5 amide bonds. The van der Waals surface area contributed by atoms with Gasteiger partial charge in [0.05, 0.1) is 28.2 Å². The van der Waals surface area contributed by atoms with E-state index in [1.165, 1.54) is 4.90 Å². The molecule has 2 aromatic heterocycles. The molecule has 4 heterocycles. The largest absolute Gasteiger partial charge is 0.391 e. The Labute approximate surface area is 308 Å². The smallest absolute Gasteiger partial charge is 0.270 e. The number of nitrogens with zero attached hydrogens (tertiary/aromatic N) is 4. The van der Waals surface area contributed by atoms with Crippen molar-refractivity contribution in [1.29, 1.82) is 0 Å². The summed E-state index contributed by atoms with van der Waals surface area (Å²) in [4.78, 5) is 79.0. The quantitative estimate of drug-likeness (QED) is 0.232. The minimum absolute atomic E-state index is 0.0395. The predicted molar refractivity (Wildman–Crippen MR) is 197 cm³/mol. The number of thiazole rings is 1. The fourth-order valence-electron chi connectivity index (χ4n) is 6.71. The van der Waals surface area contributed by atoms with E-state index in [4.69, 9.17) is 0 Å². The number of hydrogen-bond donors (Lipinski definition) is 4. The molecular formula is C38H49N7O6S. The van der Waals surface area contributed by atoms with Crippen LogP contribution in [0.4, 0.5) is 0 Å². The summed E-state index contributed by atoms with van der Waals surface area (Å²) in [6, 6.07) is 10.5. The molecule has 4 N–H and O–H groups in total. The normalized spacial score (nSPS) is 20.2. The van der Waals surface area contributed by atoms with Crippen molar-refractivity contribution in [3.63, 3.8) is 0 Å². The maximum absolute atomic E-state index is 14.0. The third-order valence-electron chi connectivity index (χ3n) is 9.63. The lowest BCUT2D eigenvalue weighted by Crippen LogP contribution is -2.58. The van der Waals surface area contributed by atoms with Gasteiger partial charge in [-0.05, 0) is 55.4 Å². The van der Waals surface area contributed by atoms with E-state index in [2.05, 4.69) is 25.9 Å². The van der Waals surface area contributed by atoms with E-state index in [0.717, 1.165) is 28.1 Å². The minimum atomic E-state index is -1.00. The Morgan fingerprint density at radius 2 is 1.75 bits per heavy atom. The second-order valence-electron chi connectivity index (χ2n) is 14.7. The second-order valence-corrected chi connectivity index (χ2v) is 15.6. The van der Waals surface area contributed by atoms with Gasteiger partial charge in [-0.1, -0.05) is 51.1 Å². The lowest BCUT2D eigenvalue weighted by atomic mass is 9.85. The highest BCUT2D eigenvalue weighted by Crippen LogP contribution is 2.29. The second kappa shape index (κ2) is 16.8. The van der Waals surface area contributed by atoms with E-state index >= 15 is 0 Å². The number of aromatic nitrogens is 2. The number of likely N-dealkylation sites (tertiary alicyclic amines) is 2. The van der Waals surface area contributed by atoms with Crippen LogP contribution in [0.2, 0.25) is 0 Å². The standard InChI is InChI=1S/C38H49N7O6S/c1-23(25-11-13-26(14-12-25)33-24(2)40-22-52-33)41-36(50)30-19-28(46)21-45(30)37(51)34(38(3,4)5)43-31(47)15-16-32(48)44-18-8-9-27(20-44)42-35(49)29-10-6-7-17-39-29/h6-7,10-14,17,22-23,27-28,30,34,46H,8-9,15-16,18-21H2,1-5H3,(H,41,50)(H,42,49)(H,43,47)/t23-,27+,28+,30-,34+/m0/s1. The average Bonchev–Trinajstić information content (AvgIpc) is 3.74. The number of carbonyl (C=O) groups excluding carboxylic acids is 5. The number of benzene rings is 1. The lowest BCUT2D eigenvalue weighted by Gasteiger charge is -2.35.